The fourth-order valence-corrected chi connectivity index (χ4v) is 1.39. The Kier molecular flexibility index (Phi) is 2.06. The standard InChI is InChI=1S/C10H14O/c1-4-10(11)6-5-9(10)7-8(2)3/h1,7,9,11H,5-6H2,2-3H3/t9-,10+/m1/s1. The lowest BCUT2D eigenvalue weighted by molar-refractivity contribution is -0.0192. The van der Waals surface area contributed by atoms with E-state index >= 15 is 0 Å². The van der Waals surface area contributed by atoms with Gasteiger partial charge in [0.05, 0.1) is 0 Å². The molecule has 2 atom stereocenters. The molecule has 0 unspecified atom stereocenters. The maximum absolute atomic E-state index is 9.65. The van der Waals surface area contributed by atoms with Gasteiger partial charge in [-0.15, -0.1) is 6.42 Å². The average molecular weight is 150 g/mol. The minimum atomic E-state index is -0.836. The summed E-state index contributed by atoms with van der Waals surface area (Å²) in [6, 6.07) is 0. The molecule has 1 N–H and O–H groups in total. The predicted octanol–water partition coefficient (Wildman–Crippen LogP) is 1.73. The monoisotopic (exact) mass is 150 g/mol. The van der Waals surface area contributed by atoms with Gasteiger partial charge in [0.2, 0.25) is 0 Å². The van der Waals surface area contributed by atoms with Crippen LogP contribution in [-0.4, -0.2) is 10.7 Å². The summed E-state index contributed by atoms with van der Waals surface area (Å²) in [4.78, 5) is 0. The van der Waals surface area contributed by atoms with Gasteiger partial charge in [0.1, 0.15) is 5.60 Å². The molecule has 60 valence electrons. The topological polar surface area (TPSA) is 20.2 Å². The third-order valence-corrected chi connectivity index (χ3v) is 2.23. The Morgan fingerprint density at radius 3 is 2.64 bits per heavy atom. The second kappa shape index (κ2) is 2.71. The Labute approximate surface area is 68.1 Å². The van der Waals surface area contributed by atoms with Crippen molar-refractivity contribution in [2.24, 2.45) is 5.92 Å². The van der Waals surface area contributed by atoms with Crippen LogP contribution in [0, 0.1) is 18.3 Å². The molecule has 1 nitrogen and oxygen atoms in total. The SMILES string of the molecule is C#C[C@]1(O)CC[C@@H]1C=C(C)C. The van der Waals surface area contributed by atoms with Crippen molar-refractivity contribution in [2.45, 2.75) is 32.3 Å². The fourth-order valence-electron chi connectivity index (χ4n) is 1.39. The summed E-state index contributed by atoms with van der Waals surface area (Å²) in [5.74, 6) is 2.64. The number of terminal acetylenes is 1. The molecular weight excluding hydrogens is 136 g/mol. The largest absolute Gasteiger partial charge is 0.377 e. The van der Waals surface area contributed by atoms with E-state index in [1.807, 2.05) is 13.8 Å². The molecule has 1 fully saturated rings. The third kappa shape index (κ3) is 1.46. The second-order valence-electron chi connectivity index (χ2n) is 3.46. The molecule has 1 saturated carbocycles. The molecule has 0 heterocycles. The van der Waals surface area contributed by atoms with Crippen molar-refractivity contribution < 1.29 is 5.11 Å². The highest BCUT2D eigenvalue weighted by atomic mass is 16.3. The van der Waals surface area contributed by atoms with Crippen LogP contribution in [0.5, 0.6) is 0 Å². The summed E-state index contributed by atoms with van der Waals surface area (Å²) >= 11 is 0. The molecule has 0 spiro atoms. The number of hydrogen-bond donors (Lipinski definition) is 1. The number of rotatable bonds is 1. The summed E-state index contributed by atoms with van der Waals surface area (Å²) in [7, 11) is 0. The molecule has 0 aliphatic heterocycles. The number of aliphatic hydroxyl groups is 1. The molecule has 0 bridgehead atoms. The first-order chi connectivity index (χ1) is 5.08. The van der Waals surface area contributed by atoms with Gasteiger partial charge in [-0.1, -0.05) is 17.6 Å². The summed E-state index contributed by atoms with van der Waals surface area (Å²) in [5.41, 5.74) is 0.389. The van der Waals surface area contributed by atoms with Crippen molar-refractivity contribution in [3.05, 3.63) is 11.6 Å². The van der Waals surface area contributed by atoms with Crippen LogP contribution in [0.25, 0.3) is 0 Å². The Balaban J connectivity index is 2.65. The molecule has 1 heteroatoms. The van der Waals surface area contributed by atoms with Gasteiger partial charge >= 0.3 is 0 Å². The van der Waals surface area contributed by atoms with Gasteiger partial charge in [0, 0.05) is 5.92 Å². The van der Waals surface area contributed by atoms with E-state index in [0.717, 1.165) is 12.8 Å². The molecule has 1 aliphatic rings. The molecule has 0 aromatic carbocycles. The molecule has 0 aromatic heterocycles. The van der Waals surface area contributed by atoms with Gasteiger partial charge in [0.25, 0.3) is 0 Å². The van der Waals surface area contributed by atoms with Gasteiger partial charge < -0.3 is 5.11 Å². The molecule has 0 amide bonds. The quantitative estimate of drug-likeness (QED) is 0.446. The van der Waals surface area contributed by atoms with Crippen LogP contribution in [0.15, 0.2) is 11.6 Å². The van der Waals surface area contributed by atoms with Gasteiger partial charge in [-0.25, -0.2) is 0 Å². The normalized spacial score (nSPS) is 35.3. The van der Waals surface area contributed by atoms with Crippen molar-refractivity contribution in [2.75, 3.05) is 0 Å². The minimum absolute atomic E-state index is 0.192. The molecular formula is C10H14O. The van der Waals surface area contributed by atoms with Crippen molar-refractivity contribution in [1.29, 1.82) is 0 Å². The third-order valence-electron chi connectivity index (χ3n) is 2.23. The molecule has 0 radical (unpaired) electrons. The summed E-state index contributed by atoms with van der Waals surface area (Å²) < 4.78 is 0. The van der Waals surface area contributed by atoms with E-state index < -0.39 is 5.60 Å². The smallest absolute Gasteiger partial charge is 0.131 e. The van der Waals surface area contributed by atoms with Crippen LogP contribution in [0.3, 0.4) is 0 Å². The van der Waals surface area contributed by atoms with Crippen LogP contribution >= 0.6 is 0 Å². The minimum Gasteiger partial charge on any atom is -0.377 e. The van der Waals surface area contributed by atoms with Crippen LogP contribution in [0.1, 0.15) is 26.7 Å². The average Bonchev–Trinajstić information content (AvgIpc) is 1.96. The zero-order valence-electron chi connectivity index (χ0n) is 7.09. The highest BCUT2D eigenvalue weighted by molar-refractivity contribution is 5.22. The first-order valence-corrected chi connectivity index (χ1v) is 3.93. The Bertz CT molecular complexity index is 218. The van der Waals surface area contributed by atoms with E-state index in [4.69, 9.17) is 6.42 Å². The predicted molar refractivity (Wildman–Crippen MR) is 45.9 cm³/mol. The van der Waals surface area contributed by atoms with E-state index in [-0.39, 0.29) is 5.92 Å². The lowest BCUT2D eigenvalue weighted by Crippen LogP contribution is -2.44. The second-order valence-corrected chi connectivity index (χ2v) is 3.46. The van der Waals surface area contributed by atoms with E-state index in [9.17, 15) is 5.11 Å². The Morgan fingerprint density at radius 1 is 1.73 bits per heavy atom. The van der Waals surface area contributed by atoms with Crippen LogP contribution in [0.2, 0.25) is 0 Å². The van der Waals surface area contributed by atoms with Crippen molar-refractivity contribution >= 4 is 0 Å². The number of allylic oxidation sites excluding steroid dienone is 1. The summed E-state index contributed by atoms with van der Waals surface area (Å²) in [6.07, 6.45) is 9.03. The van der Waals surface area contributed by atoms with Crippen molar-refractivity contribution in [1.82, 2.24) is 0 Å². The fraction of sp³-hybridized carbons (Fsp3) is 0.600. The van der Waals surface area contributed by atoms with E-state index in [1.165, 1.54) is 5.57 Å². The molecule has 1 aliphatic carbocycles. The van der Waals surface area contributed by atoms with Gasteiger partial charge in [0.15, 0.2) is 0 Å². The highest BCUT2D eigenvalue weighted by Crippen LogP contribution is 2.39. The molecule has 1 rings (SSSR count). The lowest BCUT2D eigenvalue weighted by atomic mass is 9.69. The molecule has 11 heavy (non-hydrogen) atoms. The first kappa shape index (κ1) is 8.36. The highest BCUT2D eigenvalue weighted by Gasteiger charge is 2.41. The zero-order valence-corrected chi connectivity index (χ0v) is 7.09. The van der Waals surface area contributed by atoms with E-state index in [0.29, 0.717) is 0 Å². The van der Waals surface area contributed by atoms with Gasteiger partial charge in [-0.3, -0.25) is 0 Å². The van der Waals surface area contributed by atoms with Crippen molar-refractivity contribution in [3.63, 3.8) is 0 Å². The van der Waals surface area contributed by atoms with Gasteiger partial charge in [-0.05, 0) is 26.7 Å². The number of hydrogen-bond acceptors (Lipinski definition) is 1. The summed E-state index contributed by atoms with van der Waals surface area (Å²) in [6.45, 7) is 4.05. The maximum atomic E-state index is 9.65. The summed E-state index contributed by atoms with van der Waals surface area (Å²) in [5, 5.41) is 9.65. The molecule has 0 aromatic rings. The Hall–Kier alpha value is -0.740. The lowest BCUT2D eigenvalue weighted by Gasteiger charge is -2.39. The maximum Gasteiger partial charge on any atom is 0.131 e. The zero-order chi connectivity index (χ0) is 8.48. The van der Waals surface area contributed by atoms with Crippen LogP contribution < -0.4 is 0 Å². The Morgan fingerprint density at radius 2 is 2.36 bits per heavy atom. The van der Waals surface area contributed by atoms with Crippen LogP contribution in [0.4, 0.5) is 0 Å². The first-order valence-electron chi connectivity index (χ1n) is 3.93. The van der Waals surface area contributed by atoms with E-state index in [2.05, 4.69) is 12.0 Å². The molecule has 0 saturated heterocycles. The van der Waals surface area contributed by atoms with Crippen molar-refractivity contribution in [3.8, 4) is 12.3 Å². The van der Waals surface area contributed by atoms with Gasteiger partial charge in [-0.2, -0.15) is 0 Å². The van der Waals surface area contributed by atoms with E-state index in [1.54, 1.807) is 0 Å². The van der Waals surface area contributed by atoms with Crippen LogP contribution in [-0.2, 0) is 0 Å².